The number of ether oxygens (including phenoxy) is 2. The van der Waals surface area contributed by atoms with E-state index in [0.29, 0.717) is 0 Å². The summed E-state index contributed by atoms with van der Waals surface area (Å²) in [6.45, 7) is 10.7. The molecule has 5 unspecified atom stereocenters. The maximum absolute atomic E-state index is 11.4. The number of aliphatic hydroxyl groups excluding tert-OH is 2. The Labute approximate surface area is 119 Å². The minimum atomic E-state index is -1.31. The molecule has 5 atom stereocenters. The molecule has 0 radical (unpaired) electrons. The van der Waals surface area contributed by atoms with E-state index in [9.17, 15) is 20.1 Å². The van der Waals surface area contributed by atoms with E-state index in [4.69, 9.17) is 9.47 Å². The van der Waals surface area contributed by atoms with Gasteiger partial charge in [-0.25, -0.2) is 4.79 Å². The molecule has 0 aromatic rings. The van der Waals surface area contributed by atoms with Gasteiger partial charge < -0.3 is 24.8 Å². The van der Waals surface area contributed by atoms with E-state index < -0.39 is 47.5 Å². The van der Waals surface area contributed by atoms with Gasteiger partial charge in [-0.3, -0.25) is 0 Å². The zero-order valence-electron chi connectivity index (χ0n) is 13.0. The lowest BCUT2D eigenvalue weighted by atomic mass is 9.80. The number of carboxylic acids is 1. The molecule has 1 rings (SSSR count). The monoisotopic (exact) mass is 290 g/mol. The Hall–Kier alpha value is -0.690. The number of hydrogen-bond acceptors (Lipinski definition) is 5. The van der Waals surface area contributed by atoms with Gasteiger partial charge in [0.05, 0.1) is 11.7 Å². The molecule has 0 aromatic heterocycles. The molecule has 0 amide bonds. The lowest BCUT2D eigenvalue weighted by Gasteiger charge is -2.47. The molecule has 0 bridgehead atoms. The van der Waals surface area contributed by atoms with Crippen molar-refractivity contribution >= 4 is 5.97 Å². The Morgan fingerprint density at radius 3 is 1.90 bits per heavy atom. The van der Waals surface area contributed by atoms with Crippen LogP contribution in [0.5, 0.6) is 0 Å². The van der Waals surface area contributed by atoms with Crippen molar-refractivity contribution in [3.8, 4) is 0 Å². The van der Waals surface area contributed by atoms with Crippen LogP contribution in [0.4, 0.5) is 0 Å². The number of rotatable bonds is 2. The zero-order valence-corrected chi connectivity index (χ0v) is 13.0. The fourth-order valence-electron chi connectivity index (χ4n) is 2.32. The molecule has 0 aliphatic carbocycles. The number of hydrogen-bond donors (Lipinski definition) is 3. The van der Waals surface area contributed by atoms with Gasteiger partial charge in [0.15, 0.2) is 6.10 Å². The highest BCUT2D eigenvalue weighted by Crippen LogP contribution is 2.35. The smallest absolute Gasteiger partial charge is 0.335 e. The summed E-state index contributed by atoms with van der Waals surface area (Å²) in [5.74, 6) is -1.21. The van der Waals surface area contributed by atoms with Crippen molar-refractivity contribution in [2.45, 2.75) is 77.7 Å². The van der Waals surface area contributed by atoms with Crippen molar-refractivity contribution in [1.82, 2.24) is 0 Å². The molecule has 0 saturated carbocycles. The Bertz CT molecular complexity index is 354. The number of aliphatic carboxylic acids is 1. The summed E-state index contributed by atoms with van der Waals surface area (Å²) < 4.78 is 11.1. The summed E-state index contributed by atoms with van der Waals surface area (Å²) in [7, 11) is 0. The highest BCUT2D eigenvalue weighted by atomic mass is 16.6. The Morgan fingerprint density at radius 1 is 1.05 bits per heavy atom. The average molecular weight is 290 g/mol. The molecule has 3 N–H and O–H groups in total. The minimum absolute atomic E-state index is 0.499. The van der Waals surface area contributed by atoms with Crippen LogP contribution in [0, 0.1) is 5.41 Å². The molecule has 6 nitrogen and oxygen atoms in total. The first kappa shape index (κ1) is 17.4. The van der Waals surface area contributed by atoms with Crippen molar-refractivity contribution in [3.05, 3.63) is 0 Å². The summed E-state index contributed by atoms with van der Waals surface area (Å²) >= 11 is 0. The van der Waals surface area contributed by atoms with Gasteiger partial charge in [-0.1, -0.05) is 20.8 Å². The van der Waals surface area contributed by atoms with Gasteiger partial charge in [0.1, 0.15) is 18.3 Å². The molecular weight excluding hydrogens is 264 g/mol. The maximum atomic E-state index is 11.4. The summed E-state index contributed by atoms with van der Waals surface area (Å²) in [6, 6.07) is 0. The van der Waals surface area contributed by atoms with E-state index in [1.54, 1.807) is 20.8 Å². The van der Waals surface area contributed by atoms with Crippen LogP contribution in [0.2, 0.25) is 0 Å². The van der Waals surface area contributed by atoms with Crippen molar-refractivity contribution < 1.29 is 29.6 Å². The topological polar surface area (TPSA) is 96.2 Å². The number of carboxylic acid groups (broad SMARTS) is 1. The van der Waals surface area contributed by atoms with Crippen LogP contribution in [-0.2, 0) is 14.3 Å². The Balaban J connectivity index is 3.05. The standard InChI is InChI=1S/C14H26O6/c1-13(2,3)11-8(16)7(15)9(20-14(4,5)6)10(19-11)12(17)18/h7-11,15-16H,1-6H3,(H,17,18). The van der Waals surface area contributed by atoms with Gasteiger partial charge in [0.25, 0.3) is 0 Å². The lowest BCUT2D eigenvalue weighted by molar-refractivity contribution is -0.270. The molecule has 1 heterocycles. The van der Waals surface area contributed by atoms with Crippen LogP contribution in [0.25, 0.3) is 0 Å². The Kier molecular flexibility index (Phi) is 4.86. The molecule has 1 aliphatic heterocycles. The van der Waals surface area contributed by atoms with Crippen LogP contribution in [0.15, 0.2) is 0 Å². The third-order valence-corrected chi connectivity index (χ3v) is 3.17. The van der Waals surface area contributed by atoms with Gasteiger partial charge in [-0.15, -0.1) is 0 Å². The number of aliphatic hydroxyl groups is 2. The normalized spacial score (nSPS) is 35.9. The first-order valence-electron chi connectivity index (χ1n) is 6.77. The molecular formula is C14H26O6. The molecule has 1 fully saturated rings. The van der Waals surface area contributed by atoms with E-state index in [1.165, 1.54) is 0 Å². The number of carbonyl (C=O) groups is 1. The Morgan fingerprint density at radius 2 is 1.55 bits per heavy atom. The third-order valence-electron chi connectivity index (χ3n) is 3.17. The molecule has 20 heavy (non-hydrogen) atoms. The fraction of sp³-hybridized carbons (Fsp3) is 0.929. The van der Waals surface area contributed by atoms with Gasteiger partial charge in [-0.05, 0) is 26.2 Å². The summed E-state index contributed by atoms with van der Waals surface area (Å²) in [5.41, 5.74) is -1.15. The van der Waals surface area contributed by atoms with E-state index >= 15 is 0 Å². The SMILES string of the molecule is CC(C)(C)OC1C(C(=O)O)OC(C(C)(C)C)C(O)C1O. The second kappa shape index (κ2) is 5.60. The van der Waals surface area contributed by atoms with Gasteiger partial charge >= 0.3 is 5.97 Å². The second-order valence-corrected chi connectivity index (χ2v) is 7.36. The van der Waals surface area contributed by atoms with E-state index in [2.05, 4.69) is 0 Å². The first-order chi connectivity index (χ1) is 8.84. The zero-order chi connectivity index (χ0) is 15.9. The molecule has 0 spiro atoms. The average Bonchev–Trinajstić information content (AvgIpc) is 2.20. The van der Waals surface area contributed by atoms with Gasteiger partial charge in [-0.2, -0.15) is 0 Å². The summed E-state index contributed by atoms with van der Waals surface area (Å²) in [6.07, 6.45) is -5.71. The second-order valence-electron chi connectivity index (χ2n) is 7.36. The molecule has 6 heteroatoms. The van der Waals surface area contributed by atoms with Gasteiger partial charge in [0, 0.05) is 0 Å². The highest BCUT2D eigenvalue weighted by Gasteiger charge is 2.52. The minimum Gasteiger partial charge on any atom is -0.479 e. The quantitative estimate of drug-likeness (QED) is 0.696. The van der Waals surface area contributed by atoms with Crippen molar-refractivity contribution in [2.75, 3.05) is 0 Å². The summed E-state index contributed by atoms with van der Waals surface area (Å²) in [4.78, 5) is 11.4. The van der Waals surface area contributed by atoms with Crippen LogP contribution >= 0.6 is 0 Å². The van der Waals surface area contributed by atoms with Crippen LogP contribution in [0.1, 0.15) is 41.5 Å². The fourth-order valence-corrected chi connectivity index (χ4v) is 2.32. The molecule has 0 aromatic carbocycles. The predicted octanol–water partition coefficient (Wildman–Crippen LogP) is 0.790. The van der Waals surface area contributed by atoms with Gasteiger partial charge in [0.2, 0.25) is 0 Å². The van der Waals surface area contributed by atoms with Crippen LogP contribution in [-0.4, -0.2) is 57.4 Å². The highest BCUT2D eigenvalue weighted by molar-refractivity contribution is 5.73. The maximum Gasteiger partial charge on any atom is 0.335 e. The van der Waals surface area contributed by atoms with Crippen molar-refractivity contribution in [1.29, 1.82) is 0 Å². The molecule has 118 valence electrons. The van der Waals surface area contributed by atoms with E-state index in [1.807, 2.05) is 20.8 Å². The van der Waals surface area contributed by atoms with Crippen molar-refractivity contribution in [3.63, 3.8) is 0 Å². The van der Waals surface area contributed by atoms with Crippen LogP contribution < -0.4 is 0 Å². The first-order valence-corrected chi connectivity index (χ1v) is 6.77. The molecule has 1 saturated heterocycles. The molecule has 1 aliphatic rings. The van der Waals surface area contributed by atoms with E-state index in [0.717, 1.165) is 0 Å². The van der Waals surface area contributed by atoms with E-state index in [-0.39, 0.29) is 0 Å². The predicted molar refractivity (Wildman–Crippen MR) is 72.4 cm³/mol. The third kappa shape index (κ3) is 3.91. The van der Waals surface area contributed by atoms with Crippen molar-refractivity contribution in [2.24, 2.45) is 5.41 Å². The summed E-state index contributed by atoms with van der Waals surface area (Å²) in [5, 5.41) is 29.7. The largest absolute Gasteiger partial charge is 0.479 e. The van der Waals surface area contributed by atoms with Crippen LogP contribution in [0.3, 0.4) is 0 Å². The lowest BCUT2D eigenvalue weighted by Crippen LogP contribution is -2.64.